The van der Waals surface area contributed by atoms with Crippen molar-refractivity contribution >= 4 is 28.9 Å². The van der Waals surface area contributed by atoms with Crippen LogP contribution in [0.2, 0.25) is 0 Å². The Morgan fingerprint density at radius 2 is 1.97 bits per heavy atom. The van der Waals surface area contributed by atoms with Gasteiger partial charge in [0.25, 0.3) is 0 Å². The largest absolute Gasteiger partial charge is 0.478 e. The molecule has 0 unspecified atom stereocenters. The SMILES string of the molecule is O=C(Cc1ccccc1C(=O)O)Nc1cccc(C#Cc2nc(C3CCC3)cs2)c1. The number of benzene rings is 2. The molecular formula is C24H20N2O3S. The Balaban J connectivity index is 1.42. The second-order valence-electron chi connectivity index (χ2n) is 7.22. The van der Waals surface area contributed by atoms with E-state index in [0.29, 0.717) is 17.2 Å². The summed E-state index contributed by atoms with van der Waals surface area (Å²) in [6.45, 7) is 0. The molecule has 0 spiro atoms. The van der Waals surface area contributed by atoms with Crippen LogP contribution in [0, 0.1) is 11.8 Å². The van der Waals surface area contributed by atoms with Crippen molar-refractivity contribution in [1.82, 2.24) is 4.98 Å². The lowest BCUT2D eigenvalue weighted by molar-refractivity contribution is -0.115. The number of nitrogens with one attached hydrogen (secondary N) is 1. The molecule has 2 N–H and O–H groups in total. The highest BCUT2D eigenvalue weighted by molar-refractivity contribution is 7.10. The summed E-state index contributed by atoms with van der Waals surface area (Å²) in [6, 6.07) is 13.8. The van der Waals surface area contributed by atoms with Gasteiger partial charge in [-0.15, -0.1) is 11.3 Å². The smallest absolute Gasteiger partial charge is 0.335 e. The van der Waals surface area contributed by atoms with Crippen LogP contribution in [0.25, 0.3) is 0 Å². The van der Waals surface area contributed by atoms with E-state index in [-0.39, 0.29) is 17.9 Å². The number of aromatic nitrogens is 1. The Morgan fingerprint density at radius 1 is 1.13 bits per heavy atom. The lowest BCUT2D eigenvalue weighted by atomic mass is 9.83. The average Bonchev–Trinajstić information content (AvgIpc) is 3.14. The van der Waals surface area contributed by atoms with E-state index >= 15 is 0 Å². The van der Waals surface area contributed by atoms with Crippen molar-refractivity contribution in [2.24, 2.45) is 0 Å². The maximum absolute atomic E-state index is 12.4. The number of carboxylic acids is 1. The van der Waals surface area contributed by atoms with Crippen molar-refractivity contribution in [3.8, 4) is 11.8 Å². The molecule has 1 aliphatic carbocycles. The average molecular weight is 417 g/mol. The number of carboxylic acid groups (broad SMARTS) is 1. The third-order valence-corrected chi connectivity index (χ3v) is 5.88. The highest BCUT2D eigenvalue weighted by atomic mass is 32.1. The number of rotatable bonds is 5. The van der Waals surface area contributed by atoms with E-state index in [1.165, 1.54) is 25.3 Å². The van der Waals surface area contributed by atoms with Gasteiger partial charge in [0.1, 0.15) is 0 Å². The fourth-order valence-electron chi connectivity index (χ4n) is 3.30. The van der Waals surface area contributed by atoms with Gasteiger partial charge in [-0.05, 0) is 48.6 Å². The Kier molecular flexibility index (Phi) is 5.92. The molecule has 1 fully saturated rings. The number of anilines is 1. The van der Waals surface area contributed by atoms with Crippen molar-refractivity contribution in [3.05, 3.63) is 81.3 Å². The minimum absolute atomic E-state index is 0.0125. The summed E-state index contributed by atoms with van der Waals surface area (Å²) < 4.78 is 0. The van der Waals surface area contributed by atoms with Gasteiger partial charge in [-0.2, -0.15) is 0 Å². The van der Waals surface area contributed by atoms with Crippen LogP contribution >= 0.6 is 11.3 Å². The van der Waals surface area contributed by atoms with Gasteiger partial charge in [0, 0.05) is 22.5 Å². The van der Waals surface area contributed by atoms with Crippen LogP contribution in [0.3, 0.4) is 0 Å². The number of carbonyl (C=O) groups is 2. The first-order chi connectivity index (χ1) is 14.6. The highest BCUT2D eigenvalue weighted by Gasteiger charge is 2.21. The van der Waals surface area contributed by atoms with Crippen LogP contribution in [0.4, 0.5) is 5.69 Å². The number of aromatic carboxylic acids is 1. The molecule has 6 heteroatoms. The first-order valence-electron chi connectivity index (χ1n) is 9.77. The summed E-state index contributed by atoms with van der Waals surface area (Å²) in [6.07, 6.45) is 3.70. The lowest BCUT2D eigenvalue weighted by Gasteiger charge is -2.22. The molecule has 1 aliphatic rings. The van der Waals surface area contributed by atoms with Crippen molar-refractivity contribution in [2.45, 2.75) is 31.6 Å². The lowest BCUT2D eigenvalue weighted by Crippen LogP contribution is -2.16. The monoisotopic (exact) mass is 416 g/mol. The number of thiazole rings is 1. The molecule has 0 saturated heterocycles. The quantitative estimate of drug-likeness (QED) is 0.592. The molecule has 1 aromatic heterocycles. The second-order valence-corrected chi connectivity index (χ2v) is 8.08. The first kappa shape index (κ1) is 19.9. The molecule has 2 aromatic carbocycles. The molecule has 150 valence electrons. The van der Waals surface area contributed by atoms with Crippen LogP contribution < -0.4 is 5.32 Å². The van der Waals surface area contributed by atoms with Crippen LogP contribution in [0.5, 0.6) is 0 Å². The molecular weight excluding hydrogens is 396 g/mol. The normalized spacial score (nSPS) is 13.1. The highest BCUT2D eigenvalue weighted by Crippen LogP contribution is 2.36. The molecule has 3 aromatic rings. The fraction of sp³-hybridized carbons (Fsp3) is 0.208. The molecule has 0 bridgehead atoms. The van der Waals surface area contributed by atoms with E-state index in [2.05, 4.69) is 27.5 Å². The second kappa shape index (κ2) is 8.93. The van der Waals surface area contributed by atoms with Crippen molar-refractivity contribution < 1.29 is 14.7 Å². The van der Waals surface area contributed by atoms with E-state index < -0.39 is 5.97 Å². The minimum atomic E-state index is -1.04. The molecule has 5 nitrogen and oxygen atoms in total. The molecule has 0 atom stereocenters. The zero-order chi connectivity index (χ0) is 20.9. The summed E-state index contributed by atoms with van der Waals surface area (Å²) in [5.41, 5.74) is 3.16. The summed E-state index contributed by atoms with van der Waals surface area (Å²) in [7, 11) is 0. The molecule has 30 heavy (non-hydrogen) atoms. The van der Waals surface area contributed by atoms with E-state index in [0.717, 1.165) is 16.3 Å². The number of hydrogen-bond acceptors (Lipinski definition) is 4. The van der Waals surface area contributed by atoms with Crippen LogP contribution in [-0.2, 0) is 11.2 Å². The van der Waals surface area contributed by atoms with Gasteiger partial charge in [-0.25, -0.2) is 9.78 Å². The summed E-state index contributed by atoms with van der Waals surface area (Å²) >= 11 is 1.56. The first-order valence-corrected chi connectivity index (χ1v) is 10.6. The Hall–Kier alpha value is -3.43. The summed E-state index contributed by atoms with van der Waals surface area (Å²) in [5, 5.41) is 15.0. The molecule has 1 saturated carbocycles. The topological polar surface area (TPSA) is 79.3 Å². The maximum Gasteiger partial charge on any atom is 0.335 e. The summed E-state index contributed by atoms with van der Waals surface area (Å²) in [4.78, 5) is 28.3. The fourth-order valence-corrected chi connectivity index (χ4v) is 4.04. The van der Waals surface area contributed by atoms with Gasteiger partial charge in [-0.3, -0.25) is 4.79 Å². The van der Waals surface area contributed by atoms with Crippen LogP contribution in [0.15, 0.2) is 53.9 Å². The predicted molar refractivity (Wildman–Crippen MR) is 117 cm³/mol. The Morgan fingerprint density at radius 3 is 2.73 bits per heavy atom. The van der Waals surface area contributed by atoms with E-state index in [1.807, 2.05) is 12.1 Å². The van der Waals surface area contributed by atoms with Gasteiger partial charge in [-0.1, -0.05) is 36.6 Å². The zero-order valence-electron chi connectivity index (χ0n) is 16.2. The van der Waals surface area contributed by atoms with E-state index in [1.54, 1.807) is 41.7 Å². The van der Waals surface area contributed by atoms with Crippen molar-refractivity contribution in [1.29, 1.82) is 0 Å². The third-order valence-electron chi connectivity index (χ3n) is 5.10. The molecule has 0 radical (unpaired) electrons. The zero-order valence-corrected chi connectivity index (χ0v) is 17.0. The van der Waals surface area contributed by atoms with E-state index in [4.69, 9.17) is 0 Å². The van der Waals surface area contributed by atoms with Crippen LogP contribution in [0.1, 0.15) is 57.4 Å². The number of amides is 1. The molecule has 4 rings (SSSR count). The van der Waals surface area contributed by atoms with Crippen molar-refractivity contribution in [2.75, 3.05) is 5.32 Å². The Bertz CT molecular complexity index is 1150. The maximum atomic E-state index is 12.4. The molecule has 1 heterocycles. The van der Waals surface area contributed by atoms with Gasteiger partial charge >= 0.3 is 5.97 Å². The molecule has 0 aliphatic heterocycles. The van der Waals surface area contributed by atoms with Crippen molar-refractivity contribution in [3.63, 3.8) is 0 Å². The number of hydrogen-bond donors (Lipinski definition) is 2. The van der Waals surface area contributed by atoms with Gasteiger partial charge in [0.2, 0.25) is 5.91 Å². The Labute approximate surface area is 178 Å². The predicted octanol–water partition coefficient (Wildman–Crippen LogP) is 4.69. The number of carbonyl (C=O) groups excluding carboxylic acids is 1. The molecule has 1 amide bonds. The third kappa shape index (κ3) is 4.76. The van der Waals surface area contributed by atoms with Crippen LogP contribution in [-0.4, -0.2) is 22.0 Å². The van der Waals surface area contributed by atoms with Gasteiger partial charge in [0.05, 0.1) is 17.7 Å². The van der Waals surface area contributed by atoms with E-state index in [9.17, 15) is 14.7 Å². The minimum Gasteiger partial charge on any atom is -0.478 e. The summed E-state index contributed by atoms with van der Waals surface area (Å²) in [5.74, 6) is 5.49. The van der Waals surface area contributed by atoms with Gasteiger partial charge < -0.3 is 10.4 Å². The number of nitrogens with zero attached hydrogens (tertiary/aromatic N) is 1. The van der Waals surface area contributed by atoms with Gasteiger partial charge in [0.15, 0.2) is 5.01 Å². The standard InChI is InChI=1S/C24H20N2O3S/c27-22(14-18-6-1-2-10-20(18)24(28)29)25-19-9-3-5-16(13-19)11-12-23-26-21(15-30-23)17-7-4-8-17/h1-3,5-6,9-10,13,15,17H,4,7-8,14H2,(H,25,27)(H,28,29).